The number of hydrogen-bond acceptors (Lipinski definition) is 7. The third-order valence-corrected chi connectivity index (χ3v) is 8.87. The van der Waals surface area contributed by atoms with Crippen molar-refractivity contribution in [3.05, 3.63) is 33.6 Å². The molecule has 3 rings (SSSR count). The molecule has 40 heavy (non-hydrogen) atoms. The maximum atomic E-state index is 13.3. The van der Waals surface area contributed by atoms with Crippen LogP contribution in [0.2, 0.25) is 0 Å². The number of nitrogens with zero attached hydrogens (tertiary/aromatic N) is 1. The Bertz CT molecular complexity index is 1250. The molecule has 1 saturated carbocycles. The van der Waals surface area contributed by atoms with E-state index in [1.54, 1.807) is 27.8 Å². The maximum Gasteiger partial charge on any atom is 0.351 e. The van der Waals surface area contributed by atoms with Gasteiger partial charge in [-0.25, -0.2) is 14.4 Å². The molecule has 0 atom stereocenters. The van der Waals surface area contributed by atoms with Crippen molar-refractivity contribution >= 4 is 50.9 Å². The molecule has 10 heteroatoms. The number of thiophene rings is 1. The van der Waals surface area contributed by atoms with E-state index in [1.165, 1.54) is 18.4 Å². The first kappa shape index (κ1) is 31.9. The molecule has 0 radical (unpaired) electrons. The summed E-state index contributed by atoms with van der Waals surface area (Å²) in [5, 5.41) is 2.82. The highest BCUT2D eigenvalue weighted by molar-refractivity contribution is 9.10. The Kier molecular flexibility index (Phi) is 9.66. The number of esters is 2. The number of nitrogens with one attached hydrogen (secondary N) is 1. The topological polar surface area (TPSA) is 94.2 Å². The Morgan fingerprint density at radius 2 is 1.75 bits per heavy atom. The highest BCUT2D eigenvalue weighted by Crippen LogP contribution is 2.49. The molecule has 1 aliphatic rings. The number of hydrogen-bond donors (Lipinski definition) is 1. The molecule has 0 saturated heterocycles. The van der Waals surface area contributed by atoms with Crippen molar-refractivity contribution in [2.24, 2.45) is 10.8 Å². The van der Waals surface area contributed by atoms with Gasteiger partial charge in [0.1, 0.15) is 5.60 Å². The van der Waals surface area contributed by atoms with Crippen LogP contribution in [0.15, 0.2) is 28.7 Å². The van der Waals surface area contributed by atoms with E-state index in [0.717, 1.165) is 30.5 Å². The van der Waals surface area contributed by atoms with Gasteiger partial charge in [-0.1, -0.05) is 39.8 Å². The number of rotatable bonds is 7. The molecule has 1 fully saturated rings. The molecular weight excluding hydrogens is 596 g/mol. The molecule has 2 aromatic rings. The van der Waals surface area contributed by atoms with Gasteiger partial charge >= 0.3 is 18.0 Å². The molecule has 1 aliphatic carbocycles. The van der Waals surface area contributed by atoms with Crippen LogP contribution in [0.25, 0.3) is 10.4 Å². The average Bonchev–Trinajstić information content (AvgIpc) is 3.15. The highest BCUT2D eigenvalue weighted by Gasteiger charge is 2.42. The van der Waals surface area contributed by atoms with Crippen molar-refractivity contribution in [3.63, 3.8) is 0 Å². The van der Waals surface area contributed by atoms with Gasteiger partial charge in [0.15, 0.2) is 17.2 Å². The Morgan fingerprint density at radius 3 is 2.30 bits per heavy atom. The number of methoxy groups -OCH3 is 1. The monoisotopic (exact) mass is 636 g/mol. The van der Waals surface area contributed by atoms with E-state index in [9.17, 15) is 14.4 Å². The molecule has 0 bridgehead atoms. The lowest BCUT2D eigenvalue weighted by molar-refractivity contribution is -0.157. The van der Waals surface area contributed by atoms with E-state index in [2.05, 4.69) is 48.9 Å². The van der Waals surface area contributed by atoms with E-state index < -0.39 is 17.5 Å². The van der Waals surface area contributed by atoms with Crippen molar-refractivity contribution in [1.82, 2.24) is 5.32 Å². The minimum Gasteiger partial charge on any atom is -0.479 e. The highest BCUT2D eigenvalue weighted by atomic mass is 79.9. The van der Waals surface area contributed by atoms with Crippen LogP contribution in [-0.2, 0) is 14.3 Å². The van der Waals surface area contributed by atoms with Gasteiger partial charge in [0, 0.05) is 18.8 Å². The summed E-state index contributed by atoms with van der Waals surface area (Å²) >= 11 is 4.78. The molecule has 8 nitrogen and oxygen atoms in total. The Hall–Kier alpha value is -2.59. The molecule has 220 valence electrons. The van der Waals surface area contributed by atoms with Crippen LogP contribution in [0.1, 0.15) is 77.4 Å². The molecule has 1 aromatic heterocycles. The van der Waals surface area contributed by atoms with Gasteiger partial charge in [-0.3, -0.25) is 4.90 Å². The largest absolute Gasteiger partial charge is 0.479 e. The normalized spacial score (nSPS) is 16.6. The van der Waals surface area contributed by atoms with Gasteiger partial charge in [0.05, 0.1) is 16.5 Å². The Labute approximate surface area is 249 Å². The van der Waals surface area contributed by atoms with Crippen molar-refractivity contribution < 1.29 is 28.6 Å². The zero-order valence-corrected chi connectivity index (χ0v) is 27.3. The smallest absolute Gasteiger partial charge is 0.351 e. The van der Waals surface area contributed by atoms with Gasteiger partial charge in [0.25, 0.3) is 0 Å². The summed E-state index contributed by atoms with van der Waals surface area (Å²) in [4.78, 5) is 41.0. The third-order valence-electron chi connectivity index (χ3n) is 6.65. The van der Waals surface area contributed by atoms with E-state index >= 15 is 0 Å². The number of benzene rings is 1. The Morgan fingerprint density at radius 1 is 1.12 bits per heavy atom. The van der Waals surface area contributed by atoms with Crippen LogP contribution in [0.3, 0.4) is 0 Å². The van der Waals surface area contributed by atoms with Gasteiger partial charge in [-0.2, -0.15) is 0 Å². The molecule has 0 unspecified atom stereocenters. The summed E-state index contributed by atoms with van der Waals surface area (Å²) in [5.74, 6) is -0.919. The summed E-state index contributed by atoms with van der Waals surface area (Å²) in [6.07, 6.45) is 2.85. The van der Waals surface area contributed by atoms with Crippen LogP contribution in [0.4, 0.5) is 10.5 Å². The van der Waals surface area contributed by atoms with Gasteiger partial charge in [-0.05, 0) is 84.5 Å². The third kappa shape index (κ3) is 7.78. The number of carbonyl (C=O) groups excluding carboxylic acids is 3. The summed E-state index contributed by atoms with van der Waals surface area (Å²) in [6, 6.07) is 7.52. The zero-order chi connectivity index (χ0) is 30.0. The quantitative estimate of drug-likeness (QED) is 0.318. The lowest BCUT2D eigenvalue weighted by Gasteiger charge is -2.48. The molecule has 0 spiro atoms. The van der Waals surface area contributed by atoms with Crippen LogP contribution in [0.5, 0.6) is 5.75 Å². The zero-order valence-electron chi connectivity index (χ0n) is 24.9. The second-order valence-electron chi connectivity index (χ2n) is 12.8. The minimum atomic E-state index is -0.664. The second kappa shape index (κ2) is 12.1. The minimum absolute atomic E-state index is 0.0130. The van der Waals surface area contributed by atoms with Gasteiger partial charge in [0.2, 0.25) is 0 Å². The number of ether oxygens (including phenoxy) is 3. The summed E-state index contributed by atoms with van der Waals surface area (Å²) in [6.45, 7) is 14.0. The first-order valence-corrected chi connectivity index (χ1v) is 14.9. The number of carbonyl (C=O) groups is 3. The fourth-order valence-corrected chi connectivity index (χ4v) is 7.79. The lowest BCUT2D eigenvalue weighted by atomic mass is 9.63. The predicted molar refractivity (Wildman–Crippen MR) is 162 cm³/mol. The molecule has 1 N–H and O–H groups in total. The fraction of sp³-hybridized carbons (Fsp3) is 0.567. The number of urea groups is 1. The predicted octanol–water partition coefficient (Wildman–Crippen LogP) is 7.44. The number of halogens is 1. The lowest BCUT2D eigenvalue weighted by Crippen LogP contribution is -2.51. The van der Waals surface area contributed by atoms with E-state index in [4.69, 9.17) is 14.2 Å². The average molecular weight is 638 g/mol. The SMILES string of the molecule is CNC(=O)N(c1cccc(-c2sc(C(=O)OC)c(OCC(=O)OC(C)(C)C)c2Br)c1)C1CC(C)(C)CC(C)(C)C1. The van der Waals surface area contributed by atoms with Crippen LogP contribution < -0.4 is 15.0 Å². The molecular formula is C30H41BrN2O6S. The van der Waals surface area contributed by atoms with E-state index in [-0.39, 0.29) is 40.1 Å². The fourth-order valence-electron chi connectivity index (χ4n) is 5.82. The number of anilines is 1. The van der Waals surface area contributed by atoms with Crippen LogP contribution >= 0.6 is 27.3 Å². The Balaban J connectivity index is 2.02. The van der Waals surface area contributed by atoms with Crippen LogP contribution in [-0.4, -0.2) is 50.4 Å². The molecule has 1 aromatic carbocycles. The first-order valence-electron chi connectivity index (χ1n) is 13.3. The van der Waals surface area contributed by atoms with Crippen molar-refractivity contribution in [3.8, 4) is 16.2 Å². The first-order chi connectivity index (χ1) is 18.5. The summed E-state index contributed by atoms with van der Waals surface area (Å²) in [5.41, 5.74) is 1.05. The van der Waals surface area contributed by atoms with Crippen molar-refractivity contribution in [2.75, 3.05) is 25.7 Å². The van der Waals surface area contributed by atoms with Gasteiger partial charge in [-0.15, -0.1) is 11.3 Å². The summed E-state index contributed by atoms with van der Waals surface area (Å²) < 4.78 is 16.6. The van der Waals surface area contributed by atoms with E-state index in [0.29, 0.717) is 9.35 Å². The van der Waals surface area contributed by atoms with Crippen molar-refractivity contribution in [2.45, 2.75) is 79.4 Å². The van der Waals surface area contributed by atoms with E-state index in [1.807, 2.05) is 29.2 Å². The molecule has 1 heterocycles. The molecule has 0 aliphatic heterocycles. The van der Waals surface area contributed by atoms with Crippen LogP contribution in [0, 0.1) is 10.8 Å². The standard InChI is InChI=1S/C30H41BrN2O6S/c1-28(2,3)39-21(34)16-38-23-22(31)24(40-25(23)26(35)37-9)18-11-10-12-19(13-18)33(27(36)32-8)20-14-29(4,5)17-30(6,7)15-20/h10-13,20H,14-17H2,1-9H3,(H,32,36). The molecule has 2 amide bonds. The van der Waals surface area contributed by atoms with Crippen molar-refractivity contribution in [1.29, 1.82) is 0 Å². The van der Waals surface area contributed by atoms with Gasteiger partial charge < -0.3 is 19.5 Å². The second-order valence-corrected chi connectivity index (χ2v) is 14.6. The number of amides is 2. The summed E-state index contributed by atoms with van der Waals surface area (Å²) in [7, 11) is 2.94. The maximum absolute atomic E-state index is 13.3.